The summed E-state index contributed by atoms with van der Waals surface area (Å²) in [5.74, 6) is -0.788. The van der Waals surface area contributed by atoms with Gasteiger partial charge in [0.1, 0.15) is 5.82 Å². The van der Waals surface area contributed by atoms with Crippen LogP contribution in [0, 0.1) is 18.3 Å². The second-order valence-corrected chi connectivity index (χ2v) is 5.79. The normalized spacial score (nSPS) is 12.3. The zero-order valence-electron chi connectivity index (χ0n) is 12.0. The number of Topliss-reactive ketones (excluding diaryl/α,β-unsaturated/α-hetero) is 1. The summed E-state index contributed by atoms with van der Waals surface area (Å²) in [6.07, 6.45) is 0. The molecule has 5 nitrogen and oxygen atoms in total. The van der Waals surface area contributed by atoms with Crippen molar-refractivity contribution in [3.8, 4) is 6.07 Å². The van der Waals surface area contributed by atoms with Gasteiger partial charge in [0, 0.05) is 7.05 Å². The quantitative estimate of drug-likeness (QED) is 0.669. The lowest BCUT2D eigenvalue weighted by atomic mass is 10.0. The van der Waals surface area contributed by atoms with Gasteiger partial charge in [-0.05, 0) is 46.6 Å². The number of benzene rings is 1. The highest BCUT2D eigenvalue weighted by Gasteiger charge is 2.30. The molecule has 1 atom stereocenters. The van der Waals surface area contributed by atoms with Crippen LogP contribution in [-0.2, 0) is 7.05 Å². The Morgan fingerprint density at radius 3 is 2.77 bits per heavy atom. The van der Waals surface area contributed by atoms with Gasteiger partial charge in [0.15, 0.2) is 16.3 Å². The van der Waals surface area contributed by atoms with Crippen LogP contribution in [0.25, 0.3) is 11.0 Å². The van der Waals surface area contributed by atoms with Crippen LogP contribution in [0.3, 0.4) is 0 Å². The highest BCUT2D eigenvalue weighted by Crippen LogP contribution is 2.27. The lowest BCUT2D eigenvalue weighted by Gasteiger charge is -2.07. The molecule has 0 N–H and O–H groups in total. The number of aryl methyl sites for hydroxylation is 2. The van der Waals surface area contributed by atoms with Crippen molar-refractivity contribution in [2.45, 2.75) is 12.8 Å². The van der Waals surface area contributed by atoms with Gasteiger partial charge in [-0.15, -0.1) is 0 Å². The van der Waals surface area contributed by atoms with Crippen molar-refractivity contribution in [3.05, 3.63) is 52.1 Å². The number of carbonyl (C=O) groups excluding carboxylic acids is 1. The number of furan rings is 1. The Bertz CT molecular complexity index is 917. The number of hydrogen-bond donors (Lipinski definition) is 0. The Morgan fingerprint density at radius 1 is 1.45 bits per heavy atom. The van der Waals surface area contributed by atoms with E-state index in [2.05, 4.69) is 20.9 Å². The third-order valence-electron chi connectivity index (χ3n) is 3.58. The molecule has 0 fully saturated rings. The first-order valence-corrected chi connectivity index (χ1v) is 7.43. The summed E-state index contributed by atoms with van der Waals surface area (Å²) >= 11 is 3.20. The highest BCUT2D eigenvalue weighted by atomic mass is 79.9. The van der Waals surface area contributed by atoms with Crippen molar-refractivity contribution in [2.24, 2.45) is 7.05 Å². The number of halogens is 1. The average Bonchev–Trinajstić information content (AvgIpc) is 3.01. The Morgan fingerprint density at radius 2 is 2.18 bits per heavy atom. The smallest absolute Gasteiger partial charge is 0.223 e. The topological polar surface area (TPSA) is 71.8 Å². The summed E-state index contributed by atoms with van der Waals surface area (Å²) in [5.41, 5.74) is 2.32. The fourth-order valence-electron chi connectivity index (χ4n) is 2.47. The maximum absolute atomic E-state index is 12.6. The van der Waals surface area contributed by atoms with Gasteiger partial charge >= 0.3 is 0 Å². The molecule has 2 heterocycles. The van der Waals surface area contributed by atoms with E-state index in [0.29, 0.717) is 16.1 Å². The van der Waals surface area contributed by atoms with Crippen molar-refractivity contribution in [1.82, 2.24) is 9.55 Å². The van der Waals surface area contributed by atoms with E-state index < -0.39 is 5.92 Å². The van der Waals surface area contributed by atoms with Gasteiger partial charge < -0.3 is 8.98 Å². The number of ketones is 1. The third kappa shape index (κ3) is 2.24. The molecule has 0 bridgehead atoms. The summed E-state index contributed by atoms with van der Waals surface area (Å²) < 4.78 is 7.61. The first-order chi connectivity index (χ1) is 10.5. The van der Waals surface area contributed by atoms with E-state index in [0.717, 1.165) is 11.0 Å². The fourth-order valence-corrected chi connectivity index (χ4v) is 2.98. The Hall–Kier alpha value is -2.39. The fraction of sp³-hybridized carbons (Fsp3) is 0.188. The molecule has 22 heavy (non-hydrogen) atoms. The number of aromatic nitrogens is 2. The van der Waals surface area contributed by atoms with Crippen molar-refractivity contribution < 1.29 is 9.21 Å². The number of rotatable bonds is 3. The summed E-state index contributed by atoms with van der Waals surface area (Å²) in [7, 11) is 1.80. The molecule has 2 aromatic heterocycles. The Balaban J connectivity index is 2.11. The van der Waals surface area contributed by atoms with E-state index >= 15 is 0 Å². The van der Waals surface area contributed by atoms with E-state index in [-0.39, 0.29) is 11.5 Å². The predicted molar refractivity (Wildman–Crippen MR) is 84.5 cm³/mol. The van der Waals surface area contributed by atoms with Crippen LogP contribution in [0.1, 0.15) is 27.9 Å². The second-order valence-electron chi connectivity index (χ2n) is 5.01. The Kier molecular flexibility index (Phi) is 3.59. The minimum Gasteiger partial charge on any atom is -0.446 e. The first-order valence-electron chi connectivity index (χ1n) is 6.64. The summed E-state index contributed by atoms with van der Waals surface area (Å²) in [5, 5.41) is 9.48. The van der Waals surface area contributed by atoms with Crippen LogP contribution in [0.2, 0.25) is 0 Å². The standard InChI is InChI=1S/C16H12BrN3O2/c1-9-7-13(17)22-15(9)14(21)10(8-18)16-19-11-5-3-4-6-12(11)20(16)2/h3-7,10H,1-2H3. The van der Waals surface area contributed by atoms with E-state index in [1.165, 1.54) is 0 Å². The Labute approximate surface area is 135 Å². The molecule has 0 spiro atoms. The van der Waals surface area contributed by atoms with Gasteiger partial charge in [-0.25, -0.2) is 4.98 Å². The minimum absolute atomic E-state index is 0.186. The van der Waals surface area contributed by atoms with Gasteiger partial charge in [0.2, 0.25) is 5.78 Å². The first kappa shape index (κ1) is 14.5. The molecule has 110 valence electrons. The molecule has 0 radical (unpaired) electrons. The van der Waals surface area contributed by atoms with Gasteiger partial charge in [-0.1, -0.05) is 12.1 Å². The van der Waals surface area contributed by atoms with Gasteiger partial charge in [-0.3, -0.25) is 4.79 Å². The predicted octanol–water partition coefficient (Wildman–Crippen LogP) is 3.73. The van der Waals surface area contributed by atoms with Gasteiger partial charge in [0.25, 0.3) is 0 Å². The average molecular weight is 358 g/mol. The molecule has 3 aromatic rings. The lowest BCUT2D eigenvalue weighted by Crippen LogP contribution is -2.15. The van der Waals surface area contributed by atoms with Crippen LogP contribution in [-0.4, -0.2) is 15.3 Å². The molecule has 6 heteroatoms. The molecule has 1 unspecified atom stereocenters. The number of carbonyl (C=O) groups is 1. The van der Waals surface area contributed by atoms with E-state index in [9.17, 15) is 10.1 Å². The van der Waals surface area contributed by atoms with E-state index in [4.69, 9.17) is 4.42 Å². The van der Waals surface area contributed by atoms with Crippen LogP contribution in [0.15, 0.2) is 39.4 Å². The van der Waals surface area contributed by atoms with Crippen LogP contribution in [0.4, 0.5) is 0 Å². The van der Waals surface area contributed by atoms with Gasteiger partial charge in [-0.2, -0.15) is 5.26 Å². The third-order valence-corrected chi connectivity index (χ3v) is 3.97. The number of imidazole rings is 1. The van der Waals surface area contributed by atoms with Crippen molar-refractivity contribution >= 4 is 32.7 Å². The lowest BCUT2D eigenvalue weighted by molar-refractivity contribution is 0.0946. The maximum Gasteiger partial charge on any atom is 0.223 e. The zero-order valence-corrected chi connectivity index (χ0v) is 13.6. The molecular formula is C16H12BrN3O2. The molecule has 0 aliphatic heterocycles. The molecule has 1 aromatic carbocycles. The molecule has 0 aliphatic carbocycles. The van der Waals surface area contributed by atoms with Crippen molar-refractivity contribution in [2.75, 3.05) is 0 Å². The summed E-state index contributed by atoms with van der Waals surface area (Å²) in [4.78, 5) is 17.1. The highest BCUT2D eigenvalue weighted by molar-refractivity contribution is 9.10. The second kappa shape index (κ2) is 5.43. The van der Waals surface area contributed by atoms with E-state index in [1.54, 1.807) is 24.6 Å². The zero-order chi connectivity index (χ0) is 15.9. The van der Waals surface area contributed by atoms with Crippen molar-refractivity contribution in [1.29, 1.82) is 5.26 Å². The molecule has 0 aliphatic rings. The molecule has 0 amide bonds. The number of hydrogen-bond acceptors (Lipinski definition) is 4. The number of nitriles is 1. The number of nitrogens with zero attached hydrogens (tertiary/aromatic N) is 3. The molecule has 3 rings (SSSR count). The van der Waals surface area contributed by atoms with Crippen LogP contribution >= 0.6 is 15.9 Å². The number of fused-ring (bicyclic) bond motifs is 1. The van der Waals surface area contributed by atoms with Gasteiger partial charge in [0.05, 0.1) is 17.1 Å². The van der Waals surface area contributed by atoms with Crippen molar-refractivity contribution in [3.63, 3.8) is 0 Å². The largest absolute Gasteiger partial charge is 0.446 e. The van der Waals surface area contributed by atoms with Crippen LogP contribution in [0.5, 0.6) is 0 Å². The number of para-hydroxylation sites is 2. The summed E-state index contributed by atoms with van der Waals surface area (Å²) in [6, 6.07) is 11.3. The maximum atomic E-state index is 12.6. The SMILES string of the molecule is Cc1cc(Br)oc1C(=O)C(C#N)c1nc2ccccc2n1C. The molecular weight excluding hydrogens is 346 g/mol. The monoisotopic (exact) mass is 357 g/mol. The molecule has 0 saturated heterocycles. The molecule has 0 saturated carbocycles. The van der Waals surface area contributed by atoms with Crippen LogP contribution < -0.4 is 0 Å². The summed E-state index contributed by atoms with van der Waals surface area (Å²) in [6.45, 7) is 1.77. The minimum atomic E-state index is -1.01. The van der Waals surface area contributed by atoms with E-state index in [1.807, 2.05) is 30.3 Å².